The monoisotopic (exact) mass is 275 g/mol. The van der Waals surface area contributed by atoms with Crippen LogP contribution in [0.5, 0.6) is 0 Å². The van der Waals surface area contributed by atoms with E-state index in [0.717, 1.165) is 16.4 Å². The minimum atomic E-state index is 0.303. The molecule has 0 aliphatic carbocycles. The van der Waals surface area contributed by atoms with E-state index >= 15 is 0 Å². The Hall–Kier alpha value is -1.26. The van der Waals surface area contributed by atoms with Crippen molar-refractivity contribution in [2.24, 2.45) is 0 Å². The molecule has 0 aliphatic rings. The summed E-state index contributed by atoms with van der Waals surface area (Å²) in [6, 6.07) is 4.72. The molecule has 1 N–H and O–H groups in total. The Kier molecular flexibility index (Phi) is 4.32. The molecule has 1 atom stereocenters. The molecule has 0 radical (unpaired) electrons. The Bertz CT molecular complexity index is 548. The van der Waals surface area contributed by atoms with Crippen molar-refractivity contribution in [2.75, 3.05) is 7.05 Å². The van der Waals surface area contributed by atoms with Crippen LogP contribution in [0, 0.1) is 20.8 Å². The van der Waals surface area contributed by atoms with E-state index in [4.69, 9.17) is 0 Å². The van der Waals surface area contributed by atoms with Crippen LogP contribution in [0.2, 0.25) is 0 Å². The van der Waals surface area contributed by atoms with Gasteiger partial charge in [-0.15, -0.1) is 10.2 Å². The lowest BCUT2D eigenvalue weighted by atomic mass is 10.0. The first-order chi connectivity index (χ1) is 9.06. The van der Waals surface area contributed by atoms with Gasteiger partial charge in [0.2, 0.25) is 0 Å². The number of hydrogen-bond acceptors (Lipinski definition) is 4. The molecule has 4 heteroatoms. The molecule has 1 aromatic carbocycles. The topological polar surface area (TPSA) is 37.8 Å². The summed E-state index contributed by atoms with van der Waals surface area (Å²) in [5, 5.41) is 14.1. The number of aromatic nitrogens is 2. The molecule has 19 heavy (non-hydrogen) atoms. The lowest BCUT2D eigenvalue weighted by Crippen LogP contribution is -2.14. The highest BCUT2D eigenvalue weighted by molar-refractivity contribution is 7.14. The normalized spacial score (nSPS) is 12.7. The van der Waals surface area contributed by atoms with Crippen molar-refractivity contribution >= 4 is 11.3 Å². The van der Waals surface area contributed by atoms with E-state index in [1.165, 1.54) is 22.3 Å². The molecular formula is C15H21N3S. The number of nitrogens with one attached hydrogen (secondary N) is 1. The molecule has 0 aliphatic heterocycles. The zero-order valence-corrected chi connectivity index (χ0v) is 13.1. The average Bonchev–Trinajstić information content (AvgIpc) is 2.78. The molecule has 1 unspecified atom stereocenters. The third-order valence-electron chi connectivity index (χ3n) is 3.39. The van der Waals surface area contributed by atoms with Gasteiger partial charge in [-0.05, 0) is 45.4 Å². The lowest BCUT2D eigenvalue weighted by Gasteiger charge is -2.09. The third-order valence-corrected chi connectivity index (χ3v) is 4.44. The highest BCUT2D eigenvalue weighted by Gasteiger charge is 2.16. The summed E-state index contributed by atoms with van der Waals surface area (Å²) in [4.78, 5) is 0. The Balaban J connectivity index is 2.43. The van der Waals surface area contributed by atoms with Crippen molar-refractivity contribution < 1.29 is 0 Å². The van der Waals surface area contributed by atoms with Gasteiger partial charge in [-0.1, -0.05) is 36.0 Å². The van der Waals surface area contributed by atoms with Crippen molar-refractivity contribution in [2.45, 2.75) is 40.2 Å². The first kappa shape index (κ1) is 14.2. The van der Waals surface area contributed by atoms with Crippen LogP contribution < -0.4 is 5.32 Å². The summed E-state index contributed by atoms with van der Waals surface area (Å²) >= 11 is 1.69. The van der Waals surface area contributed by atoms with Gasteiger partial charge in [0.15, 0.2) is 0 Å². The highest BCUT2D eigenvalue weighted by Crippen LogP contribution is 2.32. The average molecular weight is 275 g/mol. The maximum absolute atomic E-state index is 4.38. The van der Waals surface area contributed by atoms with Crippen molar-refractivity contribution in [3.05, 3.63) is 33.8 Å². The number of nitrogens with zero attached hydrogens (tertiary/aromatic N) is 2. The number of benzene rings is 1. The SMILES string of the molecule is CCC(NC)c1nnc(-c2c(C)cc(C)cc2C)s1. The predicted molar refractivity (Wildman–Crippen MR) is 81.6 cm³/mol. The zero-order valence-electron chi connectivity index (χ0n) is 12.2. The van der Waals surface area contributed by atoms with Gasteiger partial charge in [-0.25, -0.2) is 0 Å². The van der Waals surface area contributed by atoms with Gasteiger partial charge in [0.1, 0.15) is 10.0 Å². The Morgan fingerprint density at radius 1 is 1.16 bits per heavy atom. The maximum Gasteiger partial charge on any atom is 0.148 e. The van der Waals surface area contributed by atoms with Gasteiger partial charge in [0.25, 0.3) is 0 Å². The van der Waals surface area contributed by atoms with Gasteiger partial charge in [-0.3, -0.25) is 0 Å². The van der Waals surface area contributed by atoms with Crippen LogP contribution in [0.1, 0.15) is 41.1 Å². The molecule has 2 rings (SSSR count). The molecule has 3 nitrogen and oxygen atoms in total. The van der Waals surface area contributed by atoms with E-state index in [2.05, 4.69) is 55.3 Å². The largest absolute Gasteiger partial charge is 0.311 e. The van der Waals surface area contributed by atoms with Gasteiger partial charge in [0.05, 0.1) is 6.04 Å². The summed E-state index contributed by atoms with van der Waals surface area (Å²) in [5.41, 5.74) is 5.08. The molecule has 0 saturated carbocycles. The Labute approximate surface area is 119 Å². The maximum atomic E-state index is 4.38. The third kappa shape index (κ3) is 2.85. The van der Waals surface area contributed by atoms with Crippen LogP contribution in [0.15, 0.2) is 12.1 Å². The number of aryl methyl sites for hydroxylation is 3. The van der Waals surface area contributed by atoms with E-state index in [-0.39, 0.29) is 0 Å². The summed E-state index contributed by atoms with van der Waals surface area (Å²) in [6.45, 7) is 8.58. The second-order valence-corrected chi connectivity index (χ2v) is 5.98. The van der Waals surface area contributed by atoms with E-state index in [1.807, 2.05) is 7.05 Å². The van der Waals surface area contributed by atoms with Crippen molar-refractivity contribution in [3.63, 3.8) is 0 Å². The van der Waals surface area contributed by atoms with Gasteiger partial charge in [0, 0.05) is 5.56 Å². The summed E-state index contributed by atoms with van der Waals surface area (Å²) in [7, 11) is 1.97. The van der Waals surface area contributed by atoms with E-state index in [9.17, 15) is 0 Å². The molecular weight excluding hydrogens is 254 g/mol. The molecule has 0 amide bonds. The molecule has 2 aromatic rings. The fourth-order valence-electron chi connectivity index (χ4n) is 2.50. The second kappa shape index (κ2) is 5.80. The van der Waals surface area contributed by atoms with E-state index < -0.39 is 0 Å². The first-order valence-corrected chi connectivity index (χ1v) is 7.47. The number of rotatable bonds is 4. The van der Waals surface area contributed by atoms with Crippen molar-refractivity contribution in [3.8, 4) is 10.6 Å². The van der Waals surface area contributed by atoms with Crippen LogP contribution in [-0.2, 0) is 0 Å². The molecule has 0 saturated heterocycles. The van der Waals surface area contributed by atoms with E-state index in [0.29, 0.717) is 6.04 Å². The standard InChI is InChI=1S/C15H21N3S/c1-6-12(16-5)14-17-18-15(19-14)13-10(3)7-9(2)8-11(13)4/h7-8,12,16H,6H2,1-5H3. The zero-order chi connectivity index (χ0) is 14.0. The minimum absolute atomic E-state index is 0.303. The van der Waals surface area contributed by atoms with Gasteiger partial charge >= 0.3 is 0 Å². The molecule has 0 fully saturated rings. The summed E-state index contributed by atoms with van der Waals surface area (Å²) < 4.78 is 0. The molecule has 102 valence electrons. The molecule has 1 aromatic heterocycles. The molecule has 0 spiro atoms. The summed E-state index contributed by atoms with van der Waals surface area (Å²) in [6.07, 6.45) is 1.02. The van der Waals surface area contributed by atoms with Crippen LogP contribution in [0.25, 0.3) is 10.6 Å². The fraction of sp³-hybridized carbons (Fsp3) is 0.467. The van der Waals surface area contributed by atoms with Crippen LogP contribution in [0.3, 0.4) is 0 Å². The number of hydrogen-bond donors (Lipinski definition) is 1. The van der Waals surface area contributed by atoms with E-state index in [1.54, 1.807) is 11.3 Å². The summed E-state index contributed by atoms with van der Waals surface area (Å²) in [5.74, 6) is 0. The fourth-order valence-corrected chi connectivity index (χ4v) is 3.71. The highest BCUT2D eigenvalue weighted by atomic mass is 32.1. The van der Waals surface area contributed by atoms with Crippen molar-refractivity contribution in [1.29, 1.82) is 0 Å². The van der Waals surface area contributed by atoms with Gasteiger partial charge < -0.3 is 5.32 Å². The van der Waals surface area contributed by atoms with Crippen LogP contribution in [-0.4, -0.2) is 17.2 Å². The Morgan fingerprint density at radius 2 is 1.79 bits per heavy atom. The predicted octanol–water partition coefficient (Wildman–Crippen LogP) is 3.80. The molecule has 0 bridgehead atoms. The lowest BCUT2D eigenvalue weighted by molar-refractivity contribution is 0.568. The molecule has 1 heterocycles. The smallest absolute Gasteiger partial charge is 0.148 e. The van der Waals surface area contributed by atoms with Crippen molar-refractivity contribution in [1.82, 2.24) is 15.5 Å². The van der Waals surface area contributed by atoms with Crippen LogP contribution >= 0.6 is 11.3 Å². The van der Waals surface area contributed by atoms with Crippen LogP contribution in [0.4, 0.5) is 0 Å². The quantitative estimate of drug-likeness (QED) is 0.922. The minimum Gasteiger partial charge on any atom is -0.311 e. The van der Waals surface area contributed by atoms with Gasteiger partial charge in [-0.2, -0.15) is 0 Å². The second-order valence-electron chi connectivity index (χ2n) is 4.97. The Morgan fingerprint density at radius 3 is 2.32 bits per heavy atom. The first-order valence-electron chi connectivity index (χ1n) is 6.65.